The summed E-state index contributed by atoms with van der Waals surface area (Å²) in [6.45, 7) is 3.68. The van der Waals surface area contributed by atoms with Crippen molar-refractivity contribution in [2.75, 3.05) is 0 Å². The first-order valence-electron chi connectivity index (χ1n) is 8.07. The number of aromatic nitrogens is 2. The topological polar surface area (TPSA) is 66.2 Å². The average Bonchev–Trinajstić information content (AvgIpc) is 2.64. The molecule has 4 nitrogen and oxygen atoms in total. The minimum absolute atomic E-state index is 0. The van der Waals surface area contributed by atoms with E-state index >= 15 is 0 Å². The number of hydrogen-bond donors (Lipinski definition) is 2. The zero-order chi connectivity index (χ0) is 20.6. The minimum Gasteiger partial charge on any atom is -0.504 e. The van der Waals surface area contributed by atoms with Crippen molar-refractivity contribution in [2.45, 2.75) is 13.8 Å². The number of halogens is 4. The fraction of sp³-hybridized carbons (Fsp3) is 0.100. The molecule has 0 saturated heterocycles. The third-order valence-electron chi connectivity index (χ3n) is 3.99. The van der Waals surface area contributed by atoms with Gasteiger partial charge < -0.3 is 10.2 Å². The number of nitrogens with zero attached hydrogens (tertiary/aromatic N) is 2. The van der Waals surface area contributed by atoms with E-state index in [2.05, 4.69) is 9.97 Å². The fourth-order valence-electron chi connectivity index (χ4n) is 2.60. The van der Waals surface area contributed by atoms with Crippen molar-refractivity contribution in [1.82, 2.24) is 9.97 Å². The fourth-order valence-corrected chi connectivity index (χ4v) is 3.63. The SMILES string of the molecule is Cc1ccc2c(Cl)cc(Cl)c(O)c2n1.Cc1ccc2c(Cl)cc(Cl)c(O)c2n1.[Pt]. The van der Waals surface area contributed by atoms with E-state index in [0.29, 0.717) is 31.9 Å². The molecule has 154 valence electrons. The number of rotatable bonds is 0. The number of aryl methyl sites for hydroxylation is 2. The predicted octanol–water partition coefficient (Wildman–Crippen LogP) is 7.11. The molecule has 4 rings (SSSR count). The van der Waals surface area contributed by atoms with Crippen molar-refractivity contribution in [3.63, 3.8) is 0 Å². The molecule has 0 amide bonds. The second-order valence-corrected chi connectivity index (χ2v) is 7.70. The summed E-state index contributed by atoms with van der Waals surface area (Å²) in [7, 11) is 0. The van der Waals surface area contributed by atoms with E-state index in [0.717, 1.165) is 11.4 Å². The molecule has 2 N–H and O–H groups in total. The van der Waals surface area contributed by atoms with Crippen LogP contribution in [-0.2, 0) is 21.1 Å². The van der Waals surface area contributed by atoms with Gasteiger partial charge in [-0.3, -0.25) is 0 Å². The van der Waals surface area contributed by atoms with Gasteiger partial charge in [-0.25, -0.2) is 9.97 Å². The van der Waals surface area contributed by atoms with Crippen LogP contribution < -0.4 is 0 Å². The van der Waals surface area contributed by atoms with E-state index in [1.807, 2.05) is 38.1 Å². The summed E-state index contributed by atoms with van der Waals surface area (Å²) in [6, 6.07) is 10.3. The summed E-state index contributed by atoms with van der Waals surface area (Å²) >= 11 is 23.4. The van der Waals surface area contributed by atoms with Crippen molar-refractivity contribution >= 4 is 68.2 Å². The maximum absolute atomic E-state index is 9.65. The van der Waals surface area contributed by atoms with Gasteiger partial charge in [-0.15, -0.1) is 0 Å². The second-order valence-electron chi connectivity index (χ2n) is 6.08. The molecule has 0 spiro atoms. The molecule has 2 aromatic carbocycles. The standard InChI is InChI=1S/2C10H7Cl2NO.Pt/c2*1-5-2-3-6-7(11)4-8(12)10(14)9(6)13-5;/h2*2-4,14H,1H3;. The monoisotopic (exact) mass is 649 g/mol. The van der Waals surface area contributed by atoms with Gasteiger partial charge in [-0.1, -0.05) is 46.4 Å². The maximum atomic E-state index is 9.65. The van der Waals surface area contributed by atoms with Crippen LogP contribution >= 0.6 is 46.4 Å². The predicted molar refractivity (Wildman–Crippen MR) is 116 cm³/mol. The maximum Gasteiger partial charge on any atom is 0.160 e. The Balaban J connectivity index is 0.000000200. The summed E-state index contributed by atoms with van der Waals surface area (Å²) in [4.78, 5) is 8.36. The van der Waals surface area contributed by atoms with Gasteiger partial charge in [0.05, 0.1) is 20.1 Å². The van der Waals surface area contributed by atoms with Crippen LogP contribution in [0.5, 0.6) is 11.5 Å². The van der Waals surface area contributed by atoms with Crippen molar-refractivity contribution in [2.24, 2.45) is 0 Å². The van der Waals surface area contributed by atoms with Gasteiger partial charge in [0, 0.05) is 43.2 Å². The summed E-state index contributed by atoms with van der Waals surface area (Å²) in [6.07, 6.45) is 0. The Morgan fingerprint density at radius 1 is 0.621 bits per heavy atom. The zero-order valence-corrected chi connectivity index (χ0v) is 20.4. The van der Waals surface area contributed by atoms with Crippen molar-refractivity contribution in [3.05, 3.63) is 67.9 Å². The molecule has 0 fully saturated rings. The van der Waals surface area contributed by atoms with Crippen LogP contribution in [0.1, 0.15) is 11.4 Å². The Hall–Kier alpha value is -1.29. The first-order chi connectivity index (χ1) is 13.2. The average molecular weight is 651 g/mol. The summed E-state index contributed by atoms with van der Waals surface area (Å²) in [5, 5.41) is 22.2. The summed E-state index contributed by atoms with van der Waals surface area (Å²) in [5.41, 5.74) is 2.52. The van der Waals surface area contributed by atoms with Crippen molar-refractivity contribution < 1.29 is 31.3 Å². The van der Waals surface area contributed by atoms with Gasteiger partial charge in [0.1, 0.15) is 11.0 Å². The van der Waals surface area contributed by atoms with E-state index in [9.17, 15) is 10.2 Å². The molecule has 0 saturated carbocycles. The van der Waals surface area contributed by atoms with Gasteiger partial charge in [0.2, 0.25) is 0 Å². The number of phenols is 2. The molecule has 0 aliphatic rings. The number of pyridine rings is 2. The molecule has 0 aliphatic carbocycles. The Bertz CT molecular complexity index is 1120. The van der Waals surface area contributed by atoms with Gasteiger partial charge in [0.15, 0.2) is 11.5 Å². The third-order valence-corrected chi connectivity index (χ3v) is 5.19. The molecule has 2 aromatic heterocycles. The van der Waals surface area contributed by atoms with E-state index in [4.69, 9.17) is 46.4 Å². The normalized spacial score (nSPS) is 10.4. The van der Waals surface area contributed by atoms with E-state index in [1.165, 1.54) is 12.1 Å². The molecule has 9 heteroatoms. The number of aromatic hydroxyl groups is 2. The van der Waals surface area contributed by atoms with Crippen LogP contribution in [0.4, 0.5) is 0 Å². The van der Waals surface area contributed by atoms with E-state index < -0.39 is 0 Å². The Morgan fingerprint density at radius 3 is 1.31 bits per heavy atom. The molecule has 0 radical (unpaired) electrons. The van der Waals surface area contributed by atoms with Crippen LogP contribution in [-0.4, -0.2) is 20.2 Å². The van der Waals surface area contributed by atoms with Crippen LogP contribution in [0.15, 0.2) is 36.4 Å². The van der Waals surface area contributed by atoms with E-state index in [1.54, 1.807) is 0 Å². The Labute approximate surface area is 201 Å². The molecular formula is C20H14Cl4N2O2Pt. The van der Waals surface area contributed by atoms with Crippen LogP contribution in [0, 0.1) is 13.8 Å². The van der Waals surface area contributed by atoms with Crippen LogP contribution in [0.2, 0.25) is 20.1 Å². The first kappa shape index (κ1) is 24.0. The Kier molecular flexibility index (Phi) is 8.00. The second kappa shape index (κ2) is 9.68. The summed E-state index contributed by atoms with van der Waals surface area (Å²) in [5.74, 6) is -0.0375. The smallest absolute Gasteiger partial charge is 0.160 e. The van der Waals surface area contributed by atoms with Gasteiger partial charge in [-0.05, 0) is 50.2 Å². The number of hydrogen-bond acceptors (Lipinski definition) is 4. The first-order valence-corrected chi connectivity index (χ1v) is 9.59. The third kappa shape index (κ3) is 5.07. The van der Waals surface area contributed by atoms with Crippen molar-refractivity contribution in [1.29, 1.82) is 0 Å². The van der Waals surface area contributed by atoms with Crippen LogP contribution in [0.3, 0.4) is 0 Å². The molecule has 0 unspecified atom stereocenters. The molecule has 0 atom stereocenters. The number of fused-ring (bicyclic) bond motifs is 2. The molecule has 4 aromatic rings. The van der Waals surface area contributed by atoms with Crippen LogP contribution in [0.25, 0.3) is 21.8 Å². The molecule has 29 heavy (non-hydrogen) atoms. The Morgan fingerprint density at radius 2 is 0.966 bits per heavy atom. The van der Waals surface area contributed by atoms with Crippen molar-refractivity contribution in [3.8, 4) is 11.5 Å². The zero-order valence-electron chi connectivity index (χ0n) is 15.1. The number of benzene rings is 2. The molecule has 0 aliphatic heterocycles. The largest absolute Gasteiger partial charge is 0.504 e. The molecular weight excluding hydrogens is 637 g/mol. The van der Waals surface area contributed by atoms with E-state index in [-0.39, 0.29) is 42.6 Å². The minimum atomic E-state index is -0.0187. The number of phenolic OH excluding ortho intramolecular Hbond substituents is 2. The van der Waals surface area contributed by atoms with Gasteiger partial charge >= 0.3 is 0 Å². The van der Waals surface area contributed by atoms with Gasteiger partial charge in [0.25, 0.3) is 0 Å². The van der Waals surface area contributed by atoms with Gasteiger partial charge in [-0.2, -0.15) is 0 Å². The summed E-state index contributed by atoms with van der Waals surface area (Å²) < 4.78 is 0. The molecule has 2 heterocycles. The molecule has 0 bridgehead atoms. The quantitative estimate of drug-likeness (QED) is 0.213.